The van der Waals surface area contributed by atoms with Crippen LogP contribution in [0.3, 0.4) is 0 Å². The van der Waals surface area contributed by atoms with Crippen molar-refractivity contribution in [1.82, 2.24) is 10.6 Å². The smallest absolute Gasteiger partial charge is 0.226 e. The van der Waals surface area contributed by atoms with E-state index in [9.17, 15) is 4.79 Å². The first-order chi connectivity index (χ1) is 8.66. The molecule has 0 radical (unpaired) electrons. The topological polar surface area (TPSA) is 41.1 Å². The van der Waals surface area contributed by atoms with E-state index in [2.05, 4.69) is 29.7 Å². The van der Waals surface area contributed by atoms with Gasteiger partial charge in [0, 0.05) is 12.6 Å². The van der Waals surface area contributed by atoms with Crippen LogP contribution in [0.15, 0.2) is 30.3 Å². The maximum atomic E-state index is 12.2. The molecule has 3 heteroatoms. The molecule has 0 aromatic heterocycles. The lowest BCUT2D eigenvalue weighted by molar-refractivity contribution is -0.126. The first-order valence-electron chi connectivity index (χ1n) is 6.66. The molecule has 1 amide bonds. The first kappa shape index (κ1) is 13.1. The van der Waals surface area contributed by atoms with E-state index in [0.29, 0.717) is 12.6 Å². The van der Waals surface area contributed by atoms with Crippen molar-refractivity contribution in [3.05, 3.63) is 35.9 Å². The van der Waals surface area contributed by atoms with Gasteiger partial charge >= 0.3 is 0 Å². The van der Waals surface area contributed by atoms with Crippen molar-refractivity contribution in [2.45, 2.75) is 32.2 Å². The summed E-state index contributed by atoms with van der Waals surface area (Å²) in [5.41, 5.74) is 1.13. The molecule has 0 aliphatic heterocycles. The summed E-state index contributed by atoms with van der Waals surface area (Å²) in [4.78, 5) is 12.2. The van der Waals surface area contributed by atoms with E-state index in [-0.39, 0.29) is 11.3 Å². The normalized spacial score (nSPS) is 18.1. The lowest BCUT2D eigenvalue weighted by Gasteiger charge is -2.17. The van der Waals surface area contributed by atoms with Gasteiger partial charge in [-0.1, -0.05) is 30.3 Å². The second-order valence-corrected chi connectivity index (χ2v) is 5.34. The molecule has 18 heavy (non-hydrogen) atoms. The van der Waals surface area contributed by atoms with Crippen LogP contribution in [0.25, 0.3) is 0 Å². The number of rotatable bonds is 6. The van der Waals surface area contributed by atoms with Crippen LogP contribution in [0.2, 0.25) is 0 Å². The molecule has 1 fully saturated rings. The molecule has 0 heterocycles. The van der Waals surface area contributed by atoms with Gasteiger partial charge < -0.3 is 10.6 Å². The Morgan fingerprint density at radius 3 is 2.56 bits per heavy atom. The van der Waals surface area contributed by atoms with Crippen LogP contribution in [-0.2, 0) is 11.2 Å². The van der Waals surface area contributed by atoms with Gasteiger partial charge in [0.2, 0.25) is 5.91 Å². The average molecular weight is 246 g/mol. The van der Waals surface area contributed by atoms with Crippen LogP contribution in [0, 0.1) is 5.41 Å². The number of carbonyl (C=O) groups excluding carboxylic acids is 1. The van der Waals surface area contributed by atoms with Gasteiger partial charge in [0.1, 0.15) is 0 Å². The molecule has 98 valence electrons. The Balaban J connectivity index is 1.89. The van der Waals surface area contributed by atoms with E-state index in [4.69, 9.17) is 0 Å². The lowest BCUT2D eigenvalue weighted by Crippen LogP contribution is -2.41. The highest BCUT2D eigenvalue weighted by molar-refractivity contribution is 5.85. The maximum absolute atomic E-state index is 12.2. The predicted octanol–water partition coefficient (Wildman–Crippen LogP) is 1.73. The number of hydrogen-bond acceptors (Lipinski definition) is 2. The van der Waals surface area contributed by atoms with Gasteiger partial charge in [-0.25, -0.2) is 0 Å². The fourth-order valence-corrected chi connectivity index (χ4v) is 2.16. The van der Waals surface area contributed by atoms with Crippen molar-refractivity contribution < 1.29 is 4.79 Å². The van der Waals surface area contributed by atoms with Crippen molar-refractivity contribution >= 4 is 5.91 Å². The zero-order chi connectivity index (χ0) is 13.0. The summed E-state index contributed by atoms with van der Waals surface area (Å²) in [5, 5.41) is 6.18. The van der Waals surface area contributed by atoms with Crippen molar-refractivity contribution in [2.75, 3.05) is 13.6 Å². The fraction of sp³-hybridized carbons (Fsp3) is 0.533. The van der Waals surface area contributed by atoms with Gasteiger partial charge in [-0.3, -0.25) is 4.79 Å². The van der Waals surface area contributed by atoms with E-state index >= 15 is 0 Å². The molecule has 0 saturated heterocycles. The van der Waals surface area contributed by atoms with Crippen LogP contribution in [0.5, 0.6) is 0 Å². The summed E-state index contributed by atoms with van der Waals surface area (Å²) >= 11 is 0. The average Bonchev–Trinajstić information content (AvgIpc) is 3.17. The third-order valence-corrected chi connectivity index (χ3v) is 3.78. The molecule has 1 atom stereocenters. The Hall–Kier alpha value is -1.35. The molecule has 1 aliphatic rings. The van der Waals surface area contributed by atoms with Crippen molar-refractivity contribution in [3.8, 4) is 0 Å². The molecule has 1 aromatic carbocycles. The molecular weight excluding hydrogens is 224 g/mol. The zero-order valence-corrected chi connectivity index (χ0v) is 11.2. The van der Waals surface area contributed by atoms with Gasteiger partial charge in [-0.15, -0.1) is 0 Å². The third-order valence-electron chi connectivity index (χ3n) is 3.78. The molecular formula is C15H22N2O. The Kier molecular flexibility index (Phi) is 4.02. The second-order valence-electron chi connectivity index (χ2n) is 5.34. The van der Waals surface area contributed by atoms with Gasteiger partial charge in [0.25, 0.3) is 0 Å². The fourth-order valence-electron chi connectivity index (χ4n) is 2.16. The molecule has 3 nitrogen and oxygen atoms in total. The summed E-state index contributed by atoms with van der Waals surface area (Å²) in [6.45, 7) is 2.77. The molecule has 1 aromatic rings. The van der Waals surface area contributed by atoms with Crippen LogP contribution in [-0.4, -0.2) is 25.5 Å². The second kappa shape index (κ2) is 5.53. The SMILES string of the molecule is CNC(C)CNC(=O)C1(Cc2ccccc2)CC1. The third kappa shape index (κ3) is 3.10. The van der Waals surface area contributed by atoms with Gasteiger partial charge in [0.05, 0.1) is 5.41 Å². The molecule has 1 saturated carbocycles. The summed E-state index contributed by atoms with van der Waals surface area (Å²) in [6.07, 6.45) is 2.90. The highest BCUT2D eigenvalue weighted by Gasteiger charge is 2.49. The molecule has 1 aliphatic carbocycles. The van der Waals surface area contributed by atoms with Crippen LogP contribution < -0.4 is 10.6 Å². The van der Waals surface area contributed by atoms with Crippen molar-refractivity contribution in [2.24, 2.45) is 5.41 Å². The van der Waals surface area contributed by atoms with Gasteiger partial charge in [0.15, 0.2) is 0 Å². The van der Waals surface area contributed by atoms with E-state index in [1.807, 2.05) is 25.2 Å². The van der Waals surface area contributed by atoms with E-state index in [0.717, 1.165) is 19.3 Å². The Bertz CT molecular complexity index is 398. The minimum Gasteiger partial charge on any atom is -0.354 e. The minimum atomic E-state index is -0.130. The largest absolute Gasteiger partial charge is 0.354 e. The number of amides is 1. The Labute approximate surface area is 109 Å². The molecule has 1 unspecified atom stereocenters. The molecule has 0 spiro atoms. The predicted molar refractivity (Wildman–Crippen MR) is 73.3 cm³/mol. The number of carbonyl (C=O) groups is 1. The minimum absolute atomic E-state index is 0.130. The summed E-state index contributed by atoms with van der Waals surface area (Å²) in [5.74, 6) is 0.216. The standard InChI is InChI=1S/C15H22N2O/c1-12(16-2)11-17-14(18)15(8-9-15)10-13-6-4-3-5-7-13/h3-7,12,16H,8-11H2,1-2H3,(H,17,18). The number of nitrogens with one attached hydrogen (secondary N) is 2. The first-order valence-corrected chi connectivity index (χ1v) is 6.66. The van der Waals surface area contributed by atoms with Gasteiger partial charge in [-0.2, -0.15) is 0 Å². The summed E-state index contributed by atoms with van der Waals surface area (Å²) < 4.78 is 0. The van der Waals surface area contributed by atoms with E-state index in [1.54, 1.807) is 0 Å². The highest BCUT2D eigenvalue weighted by Crippen LogP contribution is 2.48. The Morgan fingerprint density at radius 2 is 2.00 bits per heavy atom. The highest BCUT2D eigenvalue weighted by atomic mass is 16.2. The Morgan fingerprint density at radius 1 is 1.33 bits per heavy atom. The summed E-state index contributed by atoms with van der Waals surface area (Å²) in [7, 11) is 1.91. The molecule has 2 rings (SSSR count). The van der Waals surface area contributed by atoms with Crippen molar-refractivity contribution in [3.63, 3.8) is 0 Å². The van der Waals surface area contributed by atoms with Crippen LogP contribution in [0.4, 0.5) is 0 Å². The molecule has 0 bridgehead atoms. The summed E-state index contributed by atoms with van der Waals surface area (Å²) in [6, 6.07) is 10.6. The van der Waals surface area contributed by atoms with E-state index < -0.39 is 0 Å². The van der Waals surface area contributed by atoms with Gasteiger partial charge in [-0.05, 0) is 38.8 Å². The maximum Gasteiger partial charge on any atom is 0.226 e. The van der Waals surface area contributed by atoms with E-state index in [1.165, 1.54) is 5.56 Å². The van der Waals surface area contributed by atoms with Crippen LogP contribution in [0.1, 0.15) is 25.3 Å². The lowest BCUT2D eigenvalue weighted by atomic mass is 9.95. The number of likely N-dealkylation sites (N-methyl/N-ethyl adjacent to an activating group) is 1. The monoisotopic (exact) mass is 246 g/mol. The van der Waals surface area contributed by atoms with Crippen molar-refractivity contribution in [1.29, 1.82) is 0 Å². The van der Waals surface area contributed by atoms with Crippen LogP contribution >= 0.6 is 0 Å². The number of hydrogen-bond donors (Lipinski definition) is 2. The quantitative estimate of drug-likeness (QED) is 0.802. The number of benzene rings is 1. The zero-order valence-electron chi connectivity index (χ0n) is 11.2. The molecule has 2 N–H and O–H groups in total.